The molecule has 3 aliphatic rings. The van der Waals surface area contributed by atoms with Gasteiger partial charge in [-0.25, -0.2) is 0 Å². The van der Waals surface area contributed by atoms with Crippen LogP contribution < -0.4 is 0 Å². The first-order valence-electron chi connectivity index (χ1n) is 20.9. The second-order valence-electron chi connectivity index (χ2n) is 17.1. The van der Waals surface area contributed by atoms with E-state index in [1.54, 1.807) is 33.9 Å². The van der Waals surface area contributed by atoms with Crippen LogP contribution in [0.5, 0.6) is 0 Å². The Morgan fingerprint density at radius 1 is 0.593 bits per heavy atom. The summed E-state index contributed by atoms with van der Waals surface area (Å²) in [6.07, 6.45) is 2.92. The molecule has 286 valence electrons. The van der Waals surface area contributed by atoms with Gasteiger partial charge in [-0.05, 0) is 150 Å². The summed E-state index contributed by atoms with van der Waals surface area (Å²) in [5, 5.41) is 8.63. The molecule has 54 heavy (non-hydrogen) atoms. The SMILES string of the molecule is CC.CC.CC.CS.Cc1ccc2ccccc2c1-c1c(C)c2c3c4c(cc(C(C)(C)C)cc14)C1C[C@@]2(C(C)(C)C)C3C1c1c(C)ccc2ccccc12. The minimum atomic E-state index is 0.0536. The van der Waals surface area contributed by atoms with Crippen LogP contribution in [0.2, 0.25) is 0 Å². The zero-order valence-corrected chi connectivity index (χ0v) is 37.4. The second kappa shape index (κ2) is 15.5. The fourth-order valence-electron chi connectivity index (χ4n) is 10.9. The van der Waals surface area contributed by atoms with Crippen LogP contribution in [-0.2, 0) is 10.8 Å². The molecule has 0 saturated heterocycles. The lowest BCUT2D eigenvalue weighted by Gasteiger charge is -2.59. The molecule has 1 heteroatoms. The topological polar surface area (TPSA) is 0 Å². The van der Waals surface area contributed by atoms with E-state index in [0.717, 1.165) is 0 Å². The van der Waals surface area contributed by atoms with Gasteiger partial charge in [0.1, 0.15) is 0 Å². The summed E-state index contributed by atoms with van der Waals surface area (Å²) in [4.78, 5) is 0. The molecule has 3 aliphatic carbocycles. The van der Waals surface area contributed by atoms with Crippen LogP contribution in [0.25, 0.3) is 43.4 Å². The highest BCUT2D eigenvalue weighted by Gasteiger charge is 2.70. The zero-order valence-electron chi connectivity index (χ0n) is 36.5. The number of thiol groups is 1. The molecule has 0 amide bonds. The van der Waals surface area contributed by atoms with Crippen molar-refractivity contribution in [3.63, 3.8) is 0 Å². The molecular weight excluding hydrogens is 669 g/mol. The number of rotatable bonds is 2. The third-order valence-electron chi connectivity index (χ3n) is 12.9. The van der Waals surface area contributed by atoms with Crippen LogP contribution in [0, 0.1) is 26.2 Å². The van der Waals surface area contributed by atoms with Gasteiger partial charge in [0, 0.05) is 11.3 Å². The molecule has 0 N–H and O–H groups in total. The third-order valence-corrected chi connectivity index (χ3v) is 12.9. The molecule has 6 aromatic carbocycles. The van der Waals surface area contributed by atoms with E-state index in [0.29, 0.717) is 17.8 Å². The largest absolute Gasteiger partial charge is 0.183 e. The minimum Gasteiger partial charge on any atom is -0.183 e. The molecular formula is C53H68S. The molecule has 0 radical (unpaired) electrons. The molecule has 9 rings (SSSR count). The predicted octanol–water partition coefficient (Wildman–Crippen LogP) is 16.3. The molecule has 2 bridgehead atoms. The molecule has 0 aromatic heterocycles. The molecule has 0 heterocycles. The highest BCUT2D eigenvalue weighted by molar-refractivity contribution is 7.79. The summed E-state index contributed by atoms with van der Waals surface area (Å²) in [6, 6.07) is 32.8. The quantitative estimate of drug-likeness (QED) is 0.168. The summed E-state index contributed by atoms with van der Waals surface area (Å²) < 4.78 is 0. The first-order chi connectivity index (χ1) is 25.8. The van der Waals surface area contributed by atoms with Gasteiger partial charge < -0.3 is 0 Å². The summed E-state index contributed by atoms with van der Waals surface area (Å²) in [6.45, 7) is 34.0. The van der Waals surface area contributed by atoms with Gasteiger partial charge in [0.25, 0.3) is 0 Å². The molecule has 0 aliphatic heterocycles. The van der Waals surface area contributed by atoms with Crippen molar-refractivity contribution in [2.75, 3.05) is 6.26 Å². The van der Waals surface area contributed by atoms with Crippen molar-refractivity contribution in [2.24, 2.45) is 5.41 Å². The second-order valence-corrected chi connectivity index (χ2v) is 17.1. The van der Waals surface area contributed by atoms with Crippen LogP contribution in [0.15, 0.2) is 84.9 Å². The fraction of sp³-hybridized carbons (Fsp3) is 0.434. The average Bonchev–Trinajstić information content (AvgIpc) is 3.29. The maximum Gasteiger partial charge on any atom is 0.00884 e. The number of aryl methyl sites for hydroxylation is 2. The molecule has 4 atom stereocenters. The summed E-state index contributed by atoms with van der Waals surface area (Å²) in [5.41, 5.74) is 15.7. The maximum atomic E-state index is 3.53. The highest BCUT2D eigenvalue weighted by atomic mass is 32.1. The summed E-state index contributed by atoms with van der Waals surface area (Å²) in [7, 11) is 0. The average molecular weight is 737 g/mol. The van der Waals surface area contributed by atoms with Crippen LogP contribution in [0.4, 0.5) is 0 Å². The van der Waals surface area contributed by atoms with Crippen molar-refractivity contribution in [3.8, 4) is 11.1 Å². The van der Waals surface area contributed by atoms with Crippen LogP contribution in [-0.4, -0.2) is 6.26 Å². The standard InChI is InChI=1S/C46H46.3C2H6.CH4S/c1-25-18-20-28-14-10-12-16-31(28)36(25)38-27(3)42-41-39-33(22-30(23-34(38)39)44(4,5)6)35-24-46(42,45(7,8)9)43(41)40(35)37-26(2)19-21-29-15-11-13-17-32(29)37;4*1-2/h10-23,35,40,43H,24H2,1-9H3;3*1-2H3;2H,1H3/t35?,40?,43?,46-;;;;/m0..../s1. The van der Waals surface area contributed by atoms with Crippen molar-refractivity contribution in [3.05, 3.63) is 129 Å². The Hall–Kier alpha value is -3.55. The monoisotopic (exact) mass is 737 g/mol. The van der Waals surface area contributed by atoms with Crippen LogP contribution in [0.3, 0.4) is 0 Å². The highest BCUT2D eigenvalue weighted by Crippen LogP contribution is 2.80. The first kappa shape index (κ1) is 41.6. The van der Waals surface area contributed by atoms with E-state index in [-0.39, 0.29) is 16.2 Å². The molecule has 6 aromatic rings. The Labute approximate surface area is 334 Å². The van der Waals surface area contributed by atoms with Crippen molar-refractivity contribution < 1.29 is 0 Å². The van der Waals surface area contributed by atoms with Crippen molar-refractivity contribution in [1.29, 1.82) is 0 Å². The van der Waals surface area contributed by atoms with E-state index in [2.05, 4.69) is 160 Å². The van der Waals surface area contributed by atoms with E-state index in [1.165, 1.54) is 66.7 Å². The first-order valence-corrected chi connectivity index (χ1v) is 21.8. The van der Waals surface area contributed by atoms with E-state index < -0.39 is 0 Å². The summed E-state index contributed by atoms with van der Waals surface area (Å²) >= 11 is 3.53. The Bertz CT molecular complexity index is 2310. The number of hydrogen-bond acceptors (Lipinski definition) is 1. The lowest BCUT2D eigenvalue weighted by Crippen LogP contribution is -2.51. The molecule has 0 nitrogen and oxygen atoms in total. The van der Waals surface area contributed by atoms with E-state index in [4.69, 9.17) is 0 Å². The van der Waals surface area contributed by atoms with E-state index in [9.17, 15) is 0 Å². The van der Waals surface area contributed by atoms with Gasteiger partial charge in [0.05, 0.1) is 0 Å². The van der Waals surface area contributed by atoms with E-state index >= 15 is 0 Å². The smallest absolute Gasteiger partial charge is 0.00884 e. The lowest BCUT2D eigenvalue weighted by atomic mass is 9.44. The Kier molecular flexibility index (Phi) is 12.0. The van der Waals surface area contributed by atoms with Gasteiger partial charge in [0.15, 0.2) is 0 Å². The fourth-order valence-corrected chi connectivity index (χ4v) is 10.9. The van der Waals surface area contributed by atoms with Crippen LogP contribution >= 0.6 is 12.6 Å². The predicted molar refractivity (Wildman–Crippen MR) is 247 cm³/mol. The third kappa shape index (κ3) is 5.86. The van der Waals surface area contributed by atoms with Gasteiger partial charge >= 0.3 is 0 Å². The van der Waals surface area contributed by atoms with Gasteiger partial charge in [-0.1, -0.05) is 162 Å². The zero-order chi connectivity index (χ0) is 40.1. The molecule has 3 unspecified atom stereocenters. The van der Waals surface area contributed by atoms with Crippen molar-refractivity contribution in [1.82, 2.24) is 0 Å². The minimum absolute atomic E-state index is 0.0536. The molecule has 1 saturated carbocycles. The molecule has 1 fully saturated rings. The Morgan fingerprint density at radius 3 is 1.70 bits per heavy atom. The number of fused-ring (bicyclic) bond motifs is 5. The van der Waals surface area contributed by atoms with Crippen LogP contribution in [0.1, 0.15) is 152 Å². The summed E-state index contributed by atoms with van der Waals surface area (Å²) in [5.74, 6) is 1.52. The normalized spacial score (nSPS) is 20.1. The Balaban J connectivity index is 0.000000660. The number of hydrogen-bond donors (Lipinski definition) is 1. The van der Waals surface area contributed by atoms with Crippen molar-refractivity contribution in [2.45, 2.75) is 139 Å². The van der Waals surface area contributed by atoms with E-state index in [1.807, 2.05) is 41.5 Å². The van der Waals surface area contributed by atoms with Gasteiger partial charge in [0.2, 0.25) is 0 Å². The van der Waals surface area contributed by atoms with Gasteiger partial charge in [-0.2, -0.15) is 12.6 Å². The Morgan fingerprint density at radius 2 is 1.13 bits per heavy atom. The lowest BCUT2D eigenvalue weighted by molar-refractivity contribution is 0.130. The van der Waals surface area contributed by atoms with Crippen molar-refractivity contribution >= 4 is 44.9 Å². The molecule has 0 spiro atoms. The van der Waals surface area contributed by atoms with Gasteiger partial charge in [-0.3, -0.25) is 0 Å². The van der Waals surface area contributed by atoms with Gasteiger partial charge in [-0.15, -0.1) is 0 Å². The number of benzene rings is 6. The maximum absolute atomic E-state index is 3.53.